The van der Waals surface area contributed by atoms with Crippen molar-refractivity contribution >= 4 is 78.7 Å². The van der Waals surface area contributed by atoms with Gasteiger partial charge >= 0.3 is 0 Å². The molecule has 142 heavy (non-hydrogen) atoms. The third-order valence-electron chi connectivity index (χ3n) is 26.9. The molecular formula is C140H100N2. The fraction of sp³-hybridized carbons (Fsp3) is 0. The van der Waals surface area contributed by atoms with Gasteiger partial charge in [-0.15, -0.1) is 0 Å². The molecule has 0 atom stereocenters. The minimum atomic E-state index is 1.03. The quantitative estimate of drug-likeness (QED) is 0.0474. The van der Waals surface area contributed by atoms with Crippen LogP contribution in [-0.4, -0.2) is 0 Å². The molecule has 22 aromatic rings. The lowest BCUT2D eigenvalue weighted by atomic mass is 9.85. The van der Waals surface area contributed by atoms with Crippen LogP contribution in [0.25, 0.3) is 100 Å². The molecule has 2 nitrogen and oxygen atoms in total. The molecule has 0 saturated heterocycles. The van der Waals surface area contributed by atoms with E-state index < -0.39 is 0 Å². The van der Waals surface area contributed by atoms with Gasteiger partial charge < -0.3 is 9.80 Å². The lowest BCUT2D eigenvalue weighted by Crippen LogP contribution is -2.10. The van der Waals surface area contributed by atoms with E-state index in [1.165, 1.54) is 89.1 Å². The van der Waals surface area contributed by atoms with E-state index in [4.69, 9.17) is 0 Å². The zero-order chi connectivity index (χ0) is 95.0. The van der Waals surface area contributed by atoms with E-state index in [0.29, 0.717) is 0 Å². The summed E-state index contributed by atoms with van der Waals surface area (Å²) in [5, 5.41) is 0. The summed E-state index contributed by atoms with van der Waals surface area (Å²) in [7, 11) is 0. The van der Waals surface area contributed by atoms with Crippen molar-refractivity contribution in [2.24, 2.45) is 0 Å². The number of nitrogens with zero attached hydrogens (tertiary/aromatic N) is 2. The van der Waals surface area contributed by atoms with Gasteiger partial charge in [-0.3, -0.25) is 0 Å². The Labute approximate surface area is 833 Å². The molecule has 22 rings (SSSR count). The van der Waals surface area contributed by atoms with Gasteiger partial charge in [-0.05, 0) is 262 Å². The van der Waals surface area contributed by atoms with Crippen molar-refractivity contribution in [3.63, 3.8) is 0 Å². The fourth-order valence-corrected chi connectivity index (χ4v) is 19.9. The monoisotopic (exact) mass is 1810 g/mol. The highest BCUT2D eigenvalue weighted by molar-refractivity contribution is 6.09. The molecule has 0 N–H and O–H groups in total. The summed E-state index contributed by atoms with van der Waals surface area (Å²) in [6.07, 6.45) is 0. The van der Waals surface area contributed by atoms with Crippen molar-refractivity contribution in [1.82, 2.24) is 0 Å². The molecule has 0 amide bonds. The Balaban J connectivity index is 0.604. The maximum Gasteiger partial charge on any atom is 0.0462 e. The van der Waals surface area contributed by atoms with Gasteiger partial charge in [0.25, 0.3) is 0 Å². The molecule has 0 spiro atoms. The molecule has 0 aromatic heterocycles. The van der Waals surface area contributed by atoms with E-state index in [-0.39, 0.29) is 0 Å². The molecule has 22 aromatic carbocycles. The second-order valence-corrected chi connectivity index (χ2v) is 35.7. The van der Waals surface area contributed by atoms with Gasteiger partial charge in [-0.25, -0.2) is 0 Å². The van der Waals surface area contributed by atoms with Gasteiger partial charge in [0.2, 0.25) is 0 Å². The molecule has 0 aliphatic rings. The fourth-order valence-electron chi connectivity index (χ4n) is 19.9. The van der Waals surface area contributed by atoms with Crippen molar-refractivity contribution < 1.29 is 0 Å². The van der Waals surface area contributed by atoms with E-state index in [1.807, 2.05) is 0 Å². The highest BCUT2D eigenvalue weighted by atomic mass is 15.1. The number of rotatable bonds is 27. The first kappa shape index (κ1) is 88.7. The molecular weight excluding hydrogens is 1710 g/mol. The first-order valence-electron chi connectivity index (χ1n) is 48.7. The Hall–Kier alpha value is -18.6. The normalized spacial score (nSPS) is 11.0. The smallest absolute Gasteiger partial charge is 0.0462 e. The standard InChI is InChI=1S/C140H100N2/c1-13-37-111(38-14-1)133(112-39-15-2-16-40-112)137(119-53-29-9-30-54-119)123-69-61-101(62-70-123)105-77-89-127(90-78-105)141(128-91-79-106(80-92-128)102-63-71-124(72-64-102)138(120-55-31-10-32-56-120)134(113-41-17-3-18-42-113)114-43-19-4-20-44-114)131-97-85-109(86-98-131)110-87-99-132(100-88-110)142(129-93-81-107(82-94-129)103-65-73-125(74-66-103)139(121-57-33-11-34-58-121)135(115-45-21-5-22-46-115)116-47-23-6-24-48-116)130-95-83-108(84-96-130)104-67-75-126(76-68-104)140(122-59-35-12-36-60-122)136(117-49-25-7-26-50-117)118-51-27-8-28-52-118/h1-100H. The highest BCUT2D eigenvalue weighted by Crippen LogP contribution is 2.47. The van der Waals surface area contributed by atoms with Gasteiger partial charge in [0.05, 0.1) is 0 Å². The molecule has 0 radical (unpaired) electrons. The number of hydrogen-bond acceptors (Lipinski definition) is 2. The van der Waals surface area contributed by atoms with Crippen molar-refractivity contribution in [1.29, 1.82) is 0 Å². The maximum atomic E-state index is 2.38. The average Bonchev–Trinajstić information content (AvgIpc) is 0.775. The molecule has 0 aliphatic carbocycles. The lowest BCUT2D eigenvalue weighted by molar-refractivity contribution is 1.28. The molecule has 0 aliphatic heterocycles. The van der Waals surface area contributed by atoms with E-state index in [1.54, 1.807) is 0 Å². The van der Waals surface area contributed by atoms with Crippen molar-refractivity contribution in [2.75, 3.05) is 9.80 Å². The summed E-state index contributed by atoms with van der Waals surface area (Å²) in [5.41, 5.74) is 45.4. The number of benzene rings is 22. The summed E-state index contributed by atoms with van der Waals surface area (Å²) < 4.78 is 0. The van der Waals surface area contributed by atoms with Gasteiger partial charge in [-0.2, -0.15) is 0 Å². The second-order valence-electron chi connectivity index (χ2n) is 35.7. The predicted octanol–water partition coefficient (Wildman–Crippen LogP) is 37.0. The van der Waals surface area contributed by atoms with E-state index in [0.717, 1.165) is 134 Å². The van der Waals surface area contributed by atoms with Gasteiger partial charge in [-0.1, -0.05) is 534 Å². The number of anilines is 6. The van der Waals surface area contributed by atoms with Crippen LogP contribution < -0.4 is 9.80 Å². The van der Waals surface area contributed by atoms with Crippen LogP contribution in [0.15, 0.2) is 607 Å². The van der Waals surface area contributed by atoms with Crippen LogP contribution in [0, 0.1) is 0 Å². The minimum Gasteiger partial charge on any atom is -0.311 e. The molecule has 2 heteroatoms. The van der Waals surface area contributed by atoms with E-state index >= 15 is 0 Å². The third kappa shape index (κ3) is 19.4. The first-order valence-corrected chi connectivity index (χ1v) is 48.7. The predicted molar refractivity (Wildman–Crippen MR) is 600 cm³/mol. The van der Waals surface area contributed by atoms with Crippen LogP contribution in [0.3, 0.4) is 0 Å². The van der Waals surface area contributed by atoms with Crippen molar-refractivity contribution in [3.05, 3.63) is 696 Å². The summed E-state index contributed by atoms with van der Waals surface area (Å²) in [5.74, 6) is 0. The van der Waals surface area contributed by atoms with Crippen LogP contribution >= 0.6 is 0 Å². The summed E-state index contributed by atoms with van der Waals surface area (Å²) >= 11 is 0. The van der Waals surface area contributed by atoms with Gasteiger partial charge in [0.15, 0.2) is 0 Å². The Morgan fingerprint density at radius 1 is 0.0775 bits per heavy atom. The third-order valence-corrected chi connectivity index (χ3v) is 26.9. The maximum absolute atomic E-state index is 2.38. The lowest BCUT2D eigenvalue weighted by Gasteiger charge is -2.27. The van der Waals surface area contributed by atoms with Crippen LogP contribution in [0.5, 0.6) is 0 Å². The molecule has 0 unspecified atom stereocenters. The van der Waals surface area contributed by atoms with Crippen LogP contribution in [0.2, 0.25) is 0 Å². The number of hydrogen-bond donors (Lipinski definition) is 0. The SMILES string of the molecule is c1ccc(C(=C(c2ccccc2)c2ccc(-c3ccc(N(c4ccc(-c5ccc(C(=C(c6ccccc6)c6ccccc6)c6ccccc6)cc5)cc4)c4ccc(-c5ccc(N(c6ccc(-c7ccc(C(=C(c8ccccc8)c8ccccc8)c8ccccc8)cc7)cc6)c6ccc(-c7ccc(C(=C(c8ccccc8)c8ccccc8)c8ccccc8)cc7)cc6)cc5)cc4)cc3)cc2)c2ccccc2)cc1. The van der Waals surface area contributed by atoms with Crippen molar-refractivity contribution in [2.45, 2.75) is 0 Å². The summed E-state index contributed by atoms with van der Waals surface area (Å²) in [4.78, 5) is 4.76. The highest BCUT2D eigenvalue weighted by Gasteiger charge is 2.25. The Morgan fingerprint density at radius 3 is 0.246 bits per heavy atom. The van der Waals surface area contributed by atoms with Gasteiger partial charge in [0.1, 0.15) is 0 Å². The zero-order valence-corrected chi connectivity index (χ0v) is 78.6. The topological polar surface area (TPSA) is 6.48 Å². The Kier molecular flexibility index (Phi) is 26.2. The molecule has 0 fully saturated rings. The molecule has 0 saturated carbocycles. The summed E-state index contributed by atoms with van der Waals surface area (Å²) in [6.45, 7) is 0. The molecule has 0 heterocycles. The molecule has 0 bridgehead atoms. The van der Waals surface area contributed by atoms with Crippen LogP contribution in [0.1, 0.15) is 89.0 Å². The van der Waals surface area contributed by atoms with Crippen LogP contribution in [-0.2, 0) is 0 Å². The van der Waals surface area contributed by atoms with Crippen molar-refractivity contribution in [3.8, 4) is 55.6 Å². The largest absolute Gasteiger partial charge is 0.311 e. The van der Waals surface area contributed by atoms with Crippen LogP contribution in [0.4, 0.5) is 34.1 Å². The Bertz CT molecular complexity index is 7010. The molecule has 670 valence electrons. The van der Waals surface area contributed by atoms with E-state index in [9.17, 15) is 0 Å². The van der Waals surface area contributed by atoms with Gasteiger partial charge in [0, 0.05) is 34.1 Å². The Morgan fingerprint density at radius 2 is 0.155 bits per heavy atom. The average molecular weight is 1810 g/mol. The first-order chi connectivity index (χ1) is 70.5. The minimum absolute atomic E-state index is 1.03. The van der Waals surface area contributed by atoms with E-state index in [2.05, 4.69) is 616 Å². The zero-order valence-electron chi connectivity index (χ0n) is 78.6. The second kappa shape index (κ2) is 41.9. The summed E-state index contributed by atoms with van der Waals surface area (Å²) in [6, 6.07) is 220.